The molecule has 1 aromatic rings. The third kappa shape index (κ3) is 5.89. The third-order valence-electron chi connectivity index (χ3n) is 6.82. The first kappa shape index (κ1) is 24.5. The highest BCUT2D eigenvalue weighted by Gasteiger charge is 2.46. The van der Waals surface area contributed by atoms with E-state index in [1.165, 1.54) is 6.42 Å². The molecule has 7 nitrogen and oxygen atoms in total. The standard InChI is InChI=1S/C25H33IN2O5/c26-19-8-4-5-9-21(19)33-22-15-17(24(31)27-12-13-29)14-20(23(22)30)28(25(32)16-10-11-16)18-6-2-1-3-7-18/h4-5,8-9,15-16,18,20,22-23,29-30H,1-3,6-7,10-14H2,(H,27,31). The summed E-state index contributed by atoms with van der Waals surface area (Å²) in [7, 11) is 0. The molecule has 3 aliphatic rings. The second-order valence-corrected chi connectivity index (χ2v) is 10.4. The first-order chi connectivity index (χ1) is 16.0. The van der Waals surface area contributed by atoms with E-state index in [0.29, 0.717) is 11.3 Å². The van der Waals surface area contributed by atoms with Gasteiger partial charge in [0.05, 0.1) is 16.2 Å². The molecular weight excluding hydrogens is 535 g/mol. The second kappa shape index (κ2) is 11.2. The summed E-state index contributed by atoms with van der Waals surface area (Å²) in [6.07, 6.45) is 7.22. The molecule has 0 bridgehead atoms. The molecule has 2 fully saturated rings. The fraction of sp³-hybridized carbons (Fsp3) is 0.600. The van der Waals surface area contributed by atoms with Crippen LogP contribution in [0.2, 0.25) is 0 Å². The van der Waals surface area contributed by atoms with Gasteiger partial charge in [0, 0.05) is 30.5 Å². The number of para-hydroxylation sites is 1. The van der Waals surface area contributed by atoms with Crippen molar-refractivity contribution in [2.45, 2.75) is 75.7 Å². The van der Waals surface area contributed by atoms with E-state index in [-0.39, 0.29) is 43.3 Å². The summed E-state index contributed by atoms with van der Waals surface area (Å²) >= 11 is 2.18. The number of ether oxygens (including phenoxy) is 1. The molecule has 1 aromatic carbocycles. The van der Waals surface area contributed by atoms with Gasteiger partial charge in [0.2, 0.25) is 11.8 Å². The zero-order chi connectivity index (χ0) is 23.4. The Morgan fingerprint density at radius 3 is 2.52 bits per heavy atom. The SMILES string of the molecule is O=C(NCCO)C1=CC(Oc2ccccc2I)C(O)C(N(C(=O)C2CC2)C2CCCCC2)C1. The van der Waals surface area contributed by atoms with Crippen LogP contribution in [0.4, 0.5) is 0 Å². The van der Waals surface area contributed by atoms with Crippen molar-refractivity contribution in [1.82, 2.24) is 10.2 Å². The minimum absolute atomic E-state index is 0.0335. The smallest absolute Gasteiger partial charge is 0.247 e. The summed E-state index contributed by atoms with van der Waals surface area (Å²) in [5.74, 6) is 0.480. The summed E-state index contributed by atoms with van der Waals surface area (Å²) in [5.41, 5.74) is 0.485. The molecule has 3 N–H and O–H groups in total. The van der Waals surface area contributed by atoms with Crippen molar-refractivity contribution in [2.24, 2.45) is 5.92 Å². The van der Waals surface area contributed by atoms with Crippen LogP contribution < -0.4 is 10.1 Å². The molecule has 2 saturated carbocycles. The number of aliphatic hydroxyl groups is 2. The van der Waals surface area contributed by atoms with Crippen molar-refractivity contribution < 1.29 is 24.5 Å². The first-order valence-corrected chi connectivity index (χ1v) is 13.1. The normalized spacial score (nSPS) is 25.8. The highest BCUT2D eigenvalue weighted by Crippen LogP contribution is 2.38. The number of carbonyl (C=O) groups is 2. The van der Waals surface area contributed by atoms with Crippen LogP contribution in [-0.4, -0.2) is 64.4 Å². The number of hydrogen-bond donors (Lipinski definition) is 3. The number of benzene rings is 1. The molecule has 0 spiro atoms. The Labute approximate surface area is 208 Å². The average molecular weight is 568 g/mol. The van der Waals surface area contributed by atoms with Crippen molar-refractivity contribution in [1.29, 1.82) is 0 Å². The summed E-state index contributed by atoms with van der Waals surface area (Å²) < 4.78 is 7.11. The minimum atomic E-state index is -0.944. The van der Waals surface area contributed by atoms with Gasteiger partial charge in [0.1, 0.15) is 18.0 Å². The molecule has 0 aliphatic heterocycles. The maximum Gasteiger partial charge on any atom is 0.247 e. The van der Waals surface area contributed by atoms with E-state index in [2.05, 4.69) is 27.9 Å². The zero-order valence-electron chi connectivity index (χ0n) is 18.8. The van der Waals surface area contributed by atoms with Crippen LogP contribution in [0.3, 0.4) is 0 Å². The van der Waals surface area contributed by atoms with E-state index in [1.807, 2.05) is 29.2 Å². The van der Waals surface area contributed by atoms with Crippen molar-refractivity contribution in [2.75, 3.05) is 13.2 Å². The van der Waals surface area contributed by atoms with Crippen LogP contribution >= 0.6 is 22.6 Å². The molecule has 3 unspecified atom stereocenters. The Balaban J connectivity index is 1.65. The van der Waals surface area contributed by atoms with Crippen molar-refractivity contribution in [3.8, 4) is 5.75 Å². The summed E-state index contributed by atoms with van der Waals surface area (Å²) in [6, 6.07) is 7.11. The Morgan fingerprint density at radius 2 is 1.85 bits per heavy atom. The third-order valence-corrected chi connectivity index (χ3v) is 7.71. The number of nitrogens with one attached hydrogen (secondary N) is 1. The predicted molar refractivity (Wildman–Crippen MR) is 133 cm³/mol. The van der Waals surface area contributed by atoms with Gasteiger partial charge in [0.25, 0.3) is 0 Å². The lowest BCUT2D eigenvalue weighted by Gasteiger charge is -2.45. The van der Waals surface area contributed by atoms with Crippen LogP contribution in [-0.2, 0) is 9.59 Å². The maximum absolute atomic E-state index is 13.4. The van der Waals surface area contributed by atoms with Crippen LogP contribution in [0, 0.1) is 9.49 Å². The van der Waals surface area contributed by atoms with Gasteiger partial charge in [-0.1, -0.05) is 31.4 Å². The lowest BCUT2D eigenvalue weighted by Crippen LogP contribution is -2.58. The molecular formula is C25H33IN2O5. The largest absolute Gasteiger partial charge is 0.482 e. The van der Waals surface area contributed by atoms with E-state index in [4.69, 9.17) is 9.84 Å². The zero-order valence-corrected chi connectivity index (χ0v) is 20.9. The molecule has 0 heterocycles. The minimum Gasteiger partial charge on any atom is -0.482 e. The van der Waals surface area contributed by atoms with Crippen molar-refractivity contribution in [3.63, 3.8) is 0 Å². The average Bonchev–Trinajstić information content (AvgIpc) is 3.67. The second-order valence-electron chi connectivity index (χ2n) is 9.26. The van der Waals surface area contributed by atoms with Gasteiger partial charge in [-0.15, -0.1) is 0 Å². The summed E-state index contributed by atoms with van der Waals surface area (Å²) in [4.78, 5) is 28.2. The molecule has 33 heavy (non-hydrogen) atoms. The molecule has 4 rings (SSSR count). The van der Waals surface area contributed by atoms with Gasteiger partial charge >= 0.3 is 0 Å². The summed E-state index contributed by atoms with van der Waals surface area (Å²) in [6.45, 7) is 0.000419. The van der Waals surface area contributed by atoms with E-state index in [0.717, 1.165) is 42.1 Å². The van der Waals surface area contributed by atoms with Gasteiger partial charge in [-0.2, -0.15) is 0 Å². The molecule has 8 heteroatoms. The molecule has 0 aromatic heterocycles. The quantitative estimate of drug-likeness (QED) is 0.419. The first-order valence-electron chi connectivity index (χ1n) is 12.0. The van der Waals surface area contributed by atoms with Gasteiger partial charge in [0.15, 0.2) is 0 Å². The van der Waals surface area contributed by atoms with Crippen molar-refractivity contribution >= 4 is 34.4 Å². The monoisotopic (exact) mass is 568 g/mol. The number of halogens is 1. The highest BCUT2D eigenvalue weighted by atomic mass is 127. The Morgan fingerprint density at radius 1 is 1.12 bits per heavy atom. The maximum atomic E-state index is 13.4. The lowest BCUT2D eigenvalue weighted by molar-refractivity contribution is -0.144. The van der Waals surface area contributed by atoms with Gasteiger partial charge in [-0.3, -0.25) is 9.59 Å². The molecule has 0 radical (unpaired) electrons. The van der Waals surface area contributed by atoms with Gasteiger partial charge < -0.3 is 25.2 Å². The molecule has 2 amide bonds. The number of hydrogen-bond acceptors (Lipinski definition) is 5. The van der Waals surface area contributed by atoms with Crippen LogP contribution in [0.15, 0.2) is 35.9 Å². The molecule has 3 aliphatic carbocycles. The fourth-order valence-electron chi connectivity index (χ4n) is 4.95. The van der Waals surface area contributed by atoms with E-state index >= 15 is 0 Å². The number of amides is 2. The highest BCUT2D eigenvalue weighted by molar-refractivity contribution is 14.1. The molecule has 0 saturated heterocycles. The fourth-order valence-corrected chi connectivity index (χ4v) is 5.46. The lowest BCUT2D eigenvalue weighted by atomic mass is 9.85. The molecule has 3 atom stereocenters. The van der Waals surface area contributed by atoms with Crippen LogP contribution in [0.25, 0.3) is 0 Å². The van der Waals surface area contributed by atoms with E-state index in [9.17, 15) is 14.7 Å². The number of nitrogens with zero attached hydrogens (tertiary/aromatic N) is 1. The number of rotatable bonds is 8. The van der Waals surface area contributed by atoms with Crippen molar-refractivity contribution in [3.05, 3.63) is 39.5 Å². The van der Waals surface area contributed by atoms with Gasteiger partial charge in [-0.05, 0) is 66.5 Å². The van der Waals surface area contributed by atoms with E-state index in [1.54, 1.807) is 6.08 Å². The summed E-state index contributed by atoms with van der Waals surface area (Å²) in [5, 5.41) is 23.3. The van der Waals surface area contributed by atoms with Gasteiger partial charge in [-0.25, -0.2) is 0 Å². The number of aliphatic hydroxyl groups excluding tert-OH is 2. The molecule has 180 valence electrons. The number of carbonyl (C=O) groups excluding carboxylic acids is 2. The predicted octanol–water partition coefficient (Wildman–Crippen LogP) is 2.78. The Bertz CT molecular complexity index is 881. The van der Waals surface area contributed by atoms with Crippen LogP contribution in [0.5, 0.6) is 5.75 Å². The van der Waals surface area contributed by atoms with Crippen LogP contribution in [0.1, 0.15) is 51.4 Å². The van der Waals surface area contributed by atoms with E-state index < -0.39 is 18.2 Å². The topological polar surface area (TPSA) is 99.1 Å². The Kier molecular flexibility index (Phi) is 8.29. The Hall–Kier alpha value is -1.65.